The van der Waals surface area contributed by atoms with Crippen molar-refractivity contribution in [2.45, 2.75) is 25.1 Å². The third-order valence-corrected chi connectivity index (χ3v) is 3.81. The average Bonchev–Trinajstić information content (AvgIpc) is 2.62. The summed E-state index contributed by atoms with van der Waals surface area (Å²) in [5.74, 6) is 0.702. The highest BCUT2D eigenvalue weighted by atomic mass is 19.4. The summed E-state index contributed by atoms with van der Waals surface area (Å²) in [6, 6.07) is 7.75. The van der Waals surface area contributed by atoms with E-state index in [0.717, 1.165) is 12.3 Å². The number of ether oxygens (including phenoxy) is 1. The van der Waals surface area contributed by atoms with Crippen LogP contribution in [-0.2, 0) is 6.18 Å². The van der Waals surface area contributed by atoms with Gasteiger partial charge in [-0.3, -0.25) is 0 Å². The molecule has 0 radical (unpaired) electrons. The molecule has 2 aromatic heterocycles. The molecule has 1 saturated heterocycles. The number of nitriles is 1. The van der Waals surface area contributed by atoms with Gasteiger partial charge in [0.25, 0.3) is 0 Å². The van der Waals surface area contributed by atoms with Gasteiger partial charge in [-0.05, 0) is 18.2 Å². The lowest BCUT2D eigenvalue weighted by Crippen LogP contribution is -2.39. The predicted molar refractivity (Wildman–Crippen MR) is 81.8 cm³/mol. The molecule has 0 saturated carbocycles. The van der Waals surface area contributed by atoms with Crippen LogP contribution in [0.4, 0.5) is 19.0 Å². The summed E-state index contributed by atoms with van der Waals surface area (Å²) >= 11 is 0. The fourth-order valence-electron chi connectivity index (χ4n) is 2.57. The molecule has 0 aliphatic carbocycles. The van der Waals surface area contributed by atoms with Gasteiger partial charge in [0.15, 0.2) is 5.69 Å². The number of piperidine rings is 1. The molecule has 25 heavy (non-hydrogen) atoms. The van der Waals surface area contributed by atoms with Crippen LogP contribution in [0.2, 0.25) is 0 Å². The van der Waals surface area contributed by atoms with Gasteiger partial charge in [-0.25, -0.2) is 9.97 Å². The SMILES string of the molecule is N#Cc1cccc(N2CCC(Oc3nccc(C(F)(F)F)n3)CC2)n1. The molecule has 0 spiro atoms. The quantitative estimate of drug-likeness (QED) is 0.848. The molecule has 0 atom stereocenters. The number of pyridine rings is 1. The fraction of sp³-hybridized carbons (Fsp3) is 0.375. The minimum Gasteiger partial charge on any atom is -0.460 e. The van der Waals surface area contributed by atoms with Crippen LogP contribution in [0, 0.1) is 11.3 Å². The monoisotopic (exact) mass is 349 g/mol. The van der Waals surface area contributed by atoms with Gasteiger partial charge < -0.3 is 9.64 Å². The normalized spacial score (nSPS) is 15.7. The molecule has 0 amide bonds. The Morgan fingerprint density at radius 3 is 2.60 bits per heavy atom. The first kappa shape index (κ1) is 17.0. The van der Waals surface area contributed by atoms with E-state index in [1.165, 1.54) is 0 Å². The molecular formula is C16H14F3N5O. The Morgan fingerprint density at radius 2 is 1.92 bits per heavy atom. The first-order valence-electron chi connectivity index (χ1n) is 7.65. The zero-order valence-electron chi connectivity index (χ0n) is 13.1. The molecule has 2 aromatic rings. The molecule has 130 valence electrons. The molecule has 1 fully saturated rings. The van der Waals surface area contributed by atoms with Crippen molar-refractivity contribution >= 4 is 5.82 Å². The van der Waals surface area contributed by atoms with E-state index in [9.17, 15) is 13.2 Å². The highest BCUT2D eigenvalue weighted by Crippen LogP contribution is 2.28. The van der Waals surface area contributed by atoms with Gasteiger partial charge in [0.2, 0.25) is 0 Å². The summed E-state index contributed by atoms with van der Waals surface area (Å²) in [7, 11) is 0. The Hall–Kier alpha value is -2.89. The van der Waals surface area contributed by atoms with Gasteiger partial charge in [0.1, 0.15) is 23.7 Å². The molecule has 3 rings (SSSR count). The van der Waals surface area contributed by atoms with Crippen molar-refractivity contribution in [3.63, 3.8) is 0 Å². The second-order valence-corrected chi connectivity index (χ2v) is 5.52. The maximum atomic E-state index is 12.7. The van der Waals surface area contributed by atoms with Crippen LogP contribution >= 0.6 is 0 Å². The van der Waals surface area contributed by atoms with Crippen LogP contribution in [0.5, 0.6) is 6.01 Å². The Bertz CT molecular complexity index is 782. The van der Waals surface area contributed by atoms with Gasteiger partial charge in [0.05, 0.1) is 0 Å². The summed E-state index contributed by atoms with van der Waals surface area (Å²) in [4.78, 5) is 13.4. The molecule has 0 bridgehead atoms. The van der Waals surface area contributed by atoms with Crippen molar-refractivity contribution in [1.29, 1.82) is 5.26 Å². The number of halogens is 3. The topological polar surface area (TPSA) is 74.9 Å². The van der Waals surface area contributed by atoms with E-state index in [-0.39, 0.29) is 12.1 Å². The second kappa shape index (κ2) is 6.93. The third kappa shape index (κ3) is 4.15. The number of alkyl halides is 3. The smallest absolute Gasteiger partial charge is 0.433 e. The van der Waals surface area contributed by atoms with Crippen molar-refractivity contribution in [2.24, 2.45) is 0 Å². The number of nitrogens with zero attached hydrogens (tertiary/aromatic N) is 5. The molecule has 1 aliphatic heterocycles. The van der Waals surface area contributed by atoms with Crippen LogP contribution in [0.25, 0.3) is 0 Å². The van der Waals surface area contributed by atoms with Crippen LogP contribution in [0.15, 0.2) is 30.5 Å². The van der Waals surface area contributed by atoms with Crippen LogP contribution in [0.1, 0.15) is 24.2 Å². The highest BCUT2D eigenvalue weighted by Gasteiger charge is 2.33. The number of rotatable bonds is 3. The zero-order valence-corrected chi connectivity index (χ0v) is 13.1. The maximum Gasteiger partial charge on any atom is 0.433 e. The minimum atomic E-state index is -4.53. The predicted octanol–water partition coefficient (Wildman–Crippen LogP) is 2.81. The molecule has 0 aromatic carbocycles. The molecule has 9 heteroatoms. The lowest BCUT2D eigenvalue weighted by Gasteiger charge is -2.32. The summed E-state index contributed by atoms with van der Waals surface area (Å²) in [5, 5.41) is 8.90. The largest absolute Gasteiger partial charge is 0.460 e. The van der Waals surface area contributed by atoms with E-state index in [4.69, 9.17) is 10.00 Å². The van der Waals surface area contributed by atoms with Crippen LogP contribution in [-0.4, -0.2) is 34.1 Å². The average molecular weight is 349 g/mol. The van der Waals surface area contributed by atoms with Crippen molar-refractivity contribution in [3.05, 3.63) is 41.9 Å². The Kier molecular flexibility index (Phi) is 4.70. The summed E-state index contributed by atoms with van der Waals surface area (Å²) in [6.45, 7) is 1.23. The molecule has 0 N–H and O–H groups in total. The third-order valence-electron chi connectivity index (χ3n) is 3.81. The number of aromatic nitrogens is 3. The van der Waals surface area contributed by atoms with Crippen molar-refractivity contribution in [1.82, 2.24) is 15.0 Å². The molecule has 6 nitrogen and oxygen atoms in total. The Balaban J connectivity index is 1.60. The van der Waals surface area contributed by atoms with Crippen molar-refractivity contribution in [3.8, 4) is 12.1 Å². The number of hydrogen-bond acceptors (Lipinski definition) is 6. The lowest BCUT2D eigenvalue weighted by atomic mass is 10.1. The van der Waals surface area contributed by atoms with Gasteiger partial charge in [-0.15, -0.1) is 0 Å². The van der Waals surface area contributed by atoms with E-state index in [1.54, 1.807) is 12.1 Å². The highest BCUT2D eigenvalue weighted by molar-refractivity contribution is 5.42. The first-order valence-corrected chi connectivity index (χ1v) is 7.65. The van der Waals surface area contributed by atoms with Crippen LogP contribution in [0.3, 0.4) is 0 Å². The van der Waals surface area contributed by atoms with Gasteiger partial charge in [0, 0.05) is 32.1 Å². The van der Waals surface area contributed by atoms with Crippen molar-refractivity contribution in [2.75, 3.05) is 18.0 Å². The number of hydrogen-bond donors (Lipinski definition) is 0. The Morgan fingerprint density at radius 1 is 1.16 bits per heavy atom. The second-order valence-electron chi connectivity index (χ2n) is 5.52. The molecule has 3 heterocycles. The van der Waals surface area contributed by atoms with E-state index < -0.39 is 11.9 Å². The molecule has 1 aliphatic rings. The van der Waals surface area contributed by atoms with E-state index in [2.05, 4.69) is 15.0 Å². The Labute approximate surface area is 141 Å². The maximum absolute atomic E-state index is 12.7. The van der Waals surface area contributed by atoms with E-state index in [0.29, 0.717) is 37.4 Å². The molecular weight excluding hydrogens is 335 g/mol. The summed E-state index contributed by atoms with van der Waals surface area (Å²) < 4.78 is 43.5. The van der Waals surface area contributed by atoms with Gasteiger partial charge in [-0.2, -0.15) is 23.4 Å². The summed E-state index contributed by atoms with van der Waals surface area (Å²) in [6.07, 6.45) is -2.56. The van der Waals surface area contributed by atoms with Gasteiger partial charge in [-0.1, -0.05) is 6.07 Å². The van der Waals surface area contributed by atoms with Crippen molar-refractivity contribution < 1.29 is 17.9 Å². The summed E-state index contributed by atoms with van der Waals surface area (Å²) in [5.41, 5.74) is -0.680. The zero-order chi connectivity index (χ0) is 17.9. The standard InChI is InChI=1S/C16H14F3N5O/c17-16(18,19)13-4-7-21-15(23-13)25-12-5-8-24(9-6-12)14-3-1-2-11(10-20)22-14/h1-4,7,12H,5-6,8-9H2. The van der Waals surface area contributed by atoms with E-state index >= 15 is 0 Å². The first-order chi connectivity index (χ1) is 12.0. The fourth-order valence-corrected chi connectivity index (χ4v) is 2.57. The minimum absolute atomic E-state index is 0.265. The number of anilines is 1. The van der Waals surface area contributed by atoms with E-state index in [1.807, 2.05) is 17.0 Å². The van der Waals surface area contributed by atoms with Crippen LogP contribution < -0.4 is 9.64 Å². The van der Waals surface area contributed by atoms with Gasteiger partial charge >= 0.3 is 12.2 Å². The molecule has 0 unspecified atom stereocenters. The lowest BCUT2D eigenvalue weighted by molar-refractivity contribution is -0.141.